The number of halogens is 1. The number of anilines is 1. The van der Waals surface area contributed by atoms with Crippen molar-refractivity contribution in [3.63, 3.8) is 0 Å². The van der Waals surface area contributed by atoms with Gasteiger partial charge in [-0.1, -0.05) is 30.3 Å². The number of nitrogens with two attached hydrogens (primary N) is 2. The van der Waals surface area contributed by atoms with Crippen LogP contribution in [0.2, 0.25) is 0 Å². The average molecular weight is 405 g/mol. The van der Waals surface area contributed by atoms with Gasteiger partial charge in [0.05, 0.1) is 0 Å². The van der Waals surface area contributed by atoms with Crippen molar-refractivity contribution in [3.05, 3.63) is 83.7 Å². The zero-order valence-electron chi connectivity index (χ0n) is 16.5. The van der Waals surface area contributed by atoms with Crippen LogP contribution >= 0.6 is 0 Å². The van der Waals surface area contributed by atoms with Crippen LogP contribution in [-0.4, -0.2) is 25.1 Å². The quantitative estimate of drug-likeness (QED) is 0.394. The summed E-state index contributed by atoms with van der Waals surface area (Å²) in [5, 5.41) is 3.46. The van der Waals surface area contributed by atoms with E-state index in [4.69, 9.17) is 16.2 Å². The van der Waals surface area contributed by atoms with Crippen molar-refractivity contribution >= 4 is 11.6 Å². The Kier molecular flexibility index (Phi) is 5.68. The van der Waals surface area contributed by atoms with E-state index in [2.05, 4.69) is 5.32 Å². The van der Waals surface area contributed by atoms with E-state index in [0.717, 1.165) is 17.5 Å². The number of carbonyl (C=O) groups excluding carboxylic acids is 1. The molecule has 5 nitrogen and oxygen atoms in total. The fourth-order valence-corrected chi connectivity index (χ4v) is 3.71. The van der Waals surface area contributed by atoms with Crippen molar-refractivity contribution in [1.29, 1.82) is 0 Å². The molecule has 0 aromatic heterocycles. The first-order valence-electron chi connectivity index (χ1n) is 9.93. The number of para-hydroxylation sites is 1. The number of nitrogen functional groups attached to an aromatic ring is 1. The maximum atomic E-state index is 13.0. The Morgan fingerprint density at radius 1 is 1.07 bits per heavy atom. The fraction of sp³-hybridized carbons (Fsp3) is 0.208. The summed E-state index contributed by atoms with van der Waals surface area (Å²) in [6.45, 7) is 1.16. The van der Waals surface area contributed by atoms with Crippen LogP contribution in [0.15, 0.2) is 66.7 Å². The second kappa shape index (κ2) is 8.55. The lowest BCUT2D eigenvalue weighted by Gasteiger charge is -2.13. The SMILES string of the molecule is NC(=O)c1ccc(OCCNC2CC2c2ccc(F)cc2)cc1-c1ccccc1N. The van der Waals surface area contributed by atoms with Gasteiger partial charge >= 0.3 is 0 Å². The number of carbonyl (C=O) groups is 1. The van der Waals surface area contributed by atoms with E-state index in [0.29, 0.717) is 47.7 Å². The first-order chi connectivity index (χ1) is 14.5. The molecule has 1 aliphatic rings. The minimum absolute atomic E-state index is 0.212. The maximum absolute atomic E-state index is 13.0. The van der Waals surface area contributed by atoms with Crippen molar-refractivity contribution in [2.75, 3.05) is 18.9 Å². The highest BCUT2D eigenvalue weighted by Gasteiger charge is 2.37. The van der Waals surface area contributed by atoms with E-state index in [1.807, 2.05) is 30.3 Å². The molecule has 3 aromatic rings. The molecule has 0 spiro atoms. The number of hydrogen-bond donors (Lipinski definition) is 3. The van der Waals surface area contributed by atoms with Gasteiger partial charge in [0.1, 0.15) is 18.2 Å². The molecule has 2 atom stereocenters. The van der Waals surface area contributed by atoms with Gasteiger partial charge in [-0.25, -0.2) is 4.39 Å². The number of primary amides is 1. The standard InChI is InChI=1S/C24H24FN3O2/c25-16-7-5-15(6-8-16)20-14-23(20)28-11-12-30-17-9-10-19(24(27)29)21(13-17)18-3-1-2-4-22(18)26/h1-10,13,20,23,28H,11-12,14,26H2,(H2,27,29). The Morgan fingerprint density at radius 2 is 1.83 bits per heavy atom. The van der Waals surface area contributed by atoms with Crippen molar-refractivity contribution in [2.24, 2.45) is 5.73 Å². The smallest absolute Gasteiger partial charge is 0.249 e. The van der Waals surface area contributed by atoms with Crippen LogP contribution in [0.1, 0.15) is 28.3 Å². The molecule has 0 bridgehead atoms. The topological polar surface area (TPSA) is 90.4 Å². The third kappa shape index (κ3) is 4.44. The highest BCUT2D eigenvalue weighted by molar-refractivity contribution is 6.01. The van der Waals surface area contributed by atoms with Gasteiger partial charge < -0.3 is 21.5 Å². The monoisotopic (exact) mass is 405 g/mol. The number of ether oxygens (including phenoxy) is 1. The normalized spacial score (nSPS) is 17.5. The predicted molar refractivity (Wildman–Crippen MR) is 116 cm³/mol. The summed E-state index contributed by atoms with van der Waals surface area (Å²) in [5.41, 5.74) is 15.1. The number of nitrogens with one attached hydrogen (secondary N) is 1. The maximum Gasteiger partial charge on any atom is 0.249 e. The first kappa shape index (κ1) is 19.9. The van der Waals surface area contributed by atoms with Gasteiger partial charge in [-0.2, -0.15) is 0 Å². The van der Waals surface area contributed by atoms with Crippen molar-refractivity contribution < 1.29 is 13.9 Å². The molecule has 0 heterocycles. The van der Waals surface area contributed by atoms with E-state index in [-0.39, 0.29) is 5.82 Å². The molecule has 2 unspecified atom stereocenters. The summed E-state index contributed by atoms with van der Waals surface area (Å²) >= 11 is 0. The molecular weight excluding hydrogens is 381 g/mol. The molecular formula is C24H24FN3O2. The lowest BCUT2D eigenvalue weighted by atomic mass is 9.97. The Bertz CT molecular complexity index is 1050. The van der Waals surface area contributed by atoms with Gasteiger partial charge in [0.15, 0.2) is 0 Å². The second-order valence-electron chi connectivity index (χ2n) is 7.46. The Hall–Kier alpha value is -3.38. The number of amides is 1. The van der Waals surface area contributed by atoms with E-state index in [1.54, 1.807) is 24.3 Å². The van der Waals surface area contributed by atoms with Gasteiger partial charge in [0.25, 0.3) is 0 Å². The molecule has 154 valence electrons. The molecule has 1 aliphatic carbocycles. The molecule has 4 rings (SSSR count). The van der Waals surface area contributed by atoms with E-state index >= 15 is 0 Å². The summed E-state index contributed by atoms with van der Waals surface area (Å²) in [4.78, 5) is 11.8. The molecule has 1 fully saturated rings. The molecule has 5 N–H and O–H groups in total. The Morgan fingerprint density at radius 3 is 2.57 bits per heavy atom. The first-order valence-corrected chi connectivity index (χ1v) is 9.93. The van der Waals surface area contributed by atoms with E-state index in [9.17, 15) is 9.18 Å². The van der Waals surface area contributed by atoms with Crippen molar-refractivity contribution in [3.8, 4) is 16.9 Å². The number of rotatable bonds is 8. The largest absolute Gasteiger partial charge is 0.492 e. The molecule has 0 saturated heterocycles. The summed E-state index contributed by atoms with van der Waals surface area (Å²) in [6, 6.07) is 19.6. The molecule has 1 saturated carbocycles. The fourth-order valence-electron chi connectivity index (χ4n) is 3.71. The van der Waals surface area contributed by atoms with Gasteiger partial charge in [-0.3, -0.25) is 4.79 Å². The molecule has 30 heavy (non-hydrogen) atoms. The lowest BCUT2D eigenvalue weighted by molar-refractivity contribution is 0.100. The van der Waals surface area contributed by atoms with Crippen LogP contribution in [0.5, 0.6) is 5.75 Å². The summed E-state index contributed by atoms with van der Waals surface area (Å²) in [5.74, 6) is 0.345. The van der Waals surface area contributed by atoms with E-state index < -0.39 is 5.91 Å². The number of benzene rings is 3. The van der Waals surface area contributed by atoms with Gasteiger partial charge in [0, 0.05) is 40.9 Å². The predicted octanol–water partition coefficient (Wildman–Crippen LogP) is 3.70. The van der Waals surface area contributed by atoms with Gasteiger partial charge in [-0.15, -0.1) is 0 Å². The van der Waals surface area contributed by atoms with Gasteiger partial charge in [-0.05, 0) is 48.4 Å². The van der Waals surface area contributed by atoms with Crippen molar-refractivity contribution in [2.45, 2.75) is 18.4 Å². The highest BCUT2D eigenvalue weighted by Crippen LogP contribution is 2.40. The van der Waals surface area contributed by atoms with Gasteiger partial charge in [0.2, 0.25) is 5.91 Å². The molecule has 3 aromatic carbocycles. The highest BCUT2D eigenvalue weighted by atomic mass is 19.1. The summed E-state index contributed by atoms with van der Waals surface area (Å²) < 4.78 is 18.9. The van der Waals surface area contributed by atoms with Crippen molar-refractivity contribution in [1.82, 2.24) is 5.32 Å². The lowest BCUT2D eigenvalue weighted by Crippen LogP contribution is -2.24. The van der Waals surface area contributed by atoms with Crippen LogP contribution in [0.3, 0.4) is 0 Å². The summed E-state index contributed by atoms with van der Waals surface area (Å²) in [6.07, 6.45) is 1.04. The molecule has 6 heteroatoms. The van der Waals surface area contributed by atoms with E-state index in [1.165, 1.54) is 12.1 Å². The zero-order chi connectivity index (χ0) is 21.1. The van der Waals surface area contributed by atoms with Crippen LogP contribution in [-0.2, 0) is 0 Å². The summed E-state index contributed by atoms with van der Waals surface area (Å²) in [7, 11) is 0. The minimum atomic E-state index is -0.512. The zero-order valence-corrected chi connectivity index (χ0v) is 16.5. The molecule has 0 radical (unpaired) electrons. The second-order valence-corrected chi connectivity index (χ2v) is 7.46. The minimum Gasteiger partial charge on any atom is -0.492 e. The molecule has 0 aliphatic heterocycles. The number of hydrogen-bond acceptors (Lipinski definition) is 4. The molecule has 1 amide bonds. The third-order valence-electron chi connectivity index (χ3n) is 5.37. The van der Waals surface area contributed by atoms with Crippen LogP contribution in [0.25, 0.3) is 11.1 Å². The van der Waals surface area contributed by atoms with Crippen LogP contribution < -0.4 is 21.5 Å². The van der Waals surface area contributed by atoms with Crippen LogP contribution in [0, 0.1) is 5.82 Å². The Balaban J connectivity index is 1.35. The third-order valence-corrected chi connectivity index (χ3v) is 5.37. The van der Waals surface area contributed by atoms with Crippen LogP contribution in [0.4, 0.5) is 10.1 Å². The average Bonchev–Trinajstić information content (AvgIpc) is 3.51. The Labute approximate surface area is 174 Å².